The summed E-state index contributed by atoms with van der Waals surface area (Å²) in [6, 6.07) is 0. The van der Waals surface area contributed by atoms with Gasteiger partial charge in [-0.05, 0) is 173 Å². The first-order chi connectivity index (χ1) is 28.5. The van der Waals surface area contributed by atoms with Gasteiger partial charge in [0.1, 0.15) is 23.4 Å². The number of carbonyl (C=O) groups is 5. The van der Waals surface area contributed by atoms with Gasteiger partial charge in [0.2, 0.25) is 0 Å². The van der Waals surface area contributed by atoms with Crippen LogP contribution in [-0.2, 0) is 47.7 Å². The van der Waals surface area contributed by atoms with Crippen molar-refractivity contribution < 1.29 is 52.8 Å². The molecular weight excluding hydrogens is 777 g/mol. The quantitative estimate of drug-likeness (QED) is 0.157. The van der Waals surface area contributed by atoms with E-state index in [1.54, 1.807) is 0 Å². The van der Waals surface area contributed by atoms with Crippen LogP contribution in [0, 0.1) is 75.4 Å². The van der Waals surface area contributed by atoms with Crippen LogP contribution >= 0.6 is 0 Å². The SMILES string of the molecule is CCC(C)(C)C(=O)OC1(CC)C2CC3CC(C2)CC1C3.CCC(C)(C)C(=O)OC12CC3CC(CC(O)(C3)C1)C2.CCC(C)(C)C(=O)OC1C2CC3C1OC(=O)C3C2C(=O)OC. The van der Waals surface area contributed by atoms with Crippen LogP contribution in [0.3, 0.4) is 0 Å². The highest BCUT2D eigenvalue weighted by Gasteiger charge is 2.70. The number of methoxy groups -OCH3 is 1. The summed E-state index contributed by atoms with van der Waals surface area (Å²) in [7, 11) is 1.31. The summed E-state index contributed by atoms with van der Waals surface area (Å²) in [5.74, 6) is 1.91. The summed E-state index contributed by atoms with van der Waals surface area (Å²) in [6.07, 6.45) is 15.4. The number of rotatable bonds is 11. The predicted molar refractivity (Wildman–Crippen MR) is 227 cm³/mol. The van der Waals surface area contributed by atoms with Gasteiger partial charge in [0.25, 0.3) is 0 Å². The van der Waals surface area contributed by atoms with Gasteiger partial charge in [0, 0.05) is 18.3 Å². The van der Waals surface area contributed by atoms with E-state index < -0.39 is 46.4 Å². The van der Waals surface area contributed by atoms with Crippen LogP contribution in [0.4, 0.5) is 0 Å². The minimum Gasteiger partial charge on any atom is -0.469 e. The number of aliphatic hydroxyl groups is 1. The maximum Gasteiger partial charge on any atom is 0.312 e. The molecule has 0 radical (unpaired) electrons. The summed E-state index contributed by atoms with van der Waals surface area (Å²) in [6.45, 7) is 19.8. The summed E-state index contributed by atoms with van der Waals surface area (Å²) >= 11 is 0. The zero-order valence-electron chi connectivity index (χ0n) is 39.3. The molecule has 0 aromatic heterocycles. The Labute approximate surface area is 365 Å². The van der Waals surface area contributed by atoms with Crippen molar-refractivity contribution >= 4 is 29.8 Å². The topological polar surface area (TPSA) is 152 Å². The second-order valence-corrected chi connectivity index (χ2v) is 23.4. The van der Waals surface area contributed by atoms with Crippen molar-refractivity contribution in [1.29, 1.82) is 0 Å². The van der Waals surface area contributed by atoms with Gasteiger partial charge in [0.05, 0.1) is 40.8 Å². The van der Waals surface area contributed by atoms with Gasteiger partial charge >= 0.3 is 29.8 Å². The minimum absolute atomic E-state index is 0.0364. The third-order valence-corrected chi connectivity index (χ3v) is 18.2. The third kappa shape index (κ3) is 8.30. The van der Waals surface area contributed by atoms with Crippen molar-refractivity contribution in [2.45, 2.75) is 201 Å². The number of hydrogen-bond donors (Lipinski definition) is 1. The van der Waals surface area contributed by atoms with Gasteiger partial charge in [-0.25, -0.2) is 0 Å². The fourth-order valence-corrected chi connectivity index (χ4v) is 14.0. The summed E-state index contributed by atoms with van der Waals surface area (Å²) in [5.41, 5.74) is -2.38. The molecule has 1 heterocycles. The Hall–Kier alpha value is -2.69. The first kappa shape index (κ1) is 46.3. The van der Waals surface area contributed by atoms with Crippen molar-refractivity contribution in [3.8, 4) is 0 Å². The summed E-state index contributed by atoms with van der Waals surface area (Å²) in [5, 5.41) is 10.6. The first-order valence-corrected chi connectivity index (χ1v) is 24.2. The molecule has 0 aromatic rings. The largest absolute Gasteiger partial charge is 0.469 e. The Morgan fingerprint density at radius 2 is 1.16 bits per heavy atom. The molecule has 1 aliphatic heterocycles. The van der Waals surface area contributed by atoms with Crippen LogP contribution < -0.4 is 0 Å². The molecule has 11 fully saturated rings. The second kappa shape index (κ2) is 16.4. The molecule has 11 aliphatic rings. The molecule has 61 heavy (non-hydrogen) atoms. The number of esters is 5. The Bertz CT molecular complexity index is 1670. The fourth-order valence-electron chi connectivity index (χ4n) is 14.0. The first-order valence-electron chi connectivity index (χ1n) is 24.2. The van der Waals surface area contributed by atoms with E-state index in [9.17, 15) is 29.1 Å². The zero-order chi connectivity index (χ0) is 44.7. The van der Waals surface area contributed by atoms with Crippen molar-refractivity contribution in [3.05, 3.63) is 0 Å². The molecule has 11 rings (SSSR count). The monoisotopic (exact) mass is 855 g/mol. The molecule has 8 unspecified atom stereocenters. The third-order valence-electron chi connectivity index (χ3n) is 18.2. The Balaban J connectivity index is 0.000000138. The van der Waals surface area contributed by atoms with Crippen LogP contribution in [0.15, 0.2) is 0 Å². The number of fused-ring (bicyclic) bond motifs is 1. The summed E-state index contributed by atoms with van der Waals surface area (Å²) < 4.78 is 28.2. The van der Waals surface area contributed by atoms with E-state index in [0.29, 0.717) is 42.9 Å². The molecule has 0 amide bonds. The lowest BCUT2D eigenvalue weighted by molar-refractivity contribution is -0.225. The van der Waals surface area contributed by atoms with Gasteiger partial charge < -0.3 is 28.8 Å². The molecule has 8 atom stereocenters. The molecule has 10 aliphatic carbocycles. The van der Waals surface area contributed by atoms with E-state index in [0.717, 1.165) is 56.8 Å². The van der Waals surface area contributed by atoms with E-state index in [4.69, 9.17) is 23.7 Å². The van der Waals surface area contributed by atoms with Gasteiger partial charge in [-0.3, -0.25) is 24.0 Å². The maximum atomic E-state index is 12.6. The molecule has 11 heteroatoms. The molecule has 344 valence electrons. The van der Waals surface area contributed by atoms with Crippen LogP contribution in [0.25, 0.3) is 0 Å². The number of ether oxygens (including phenoxy) is 5. The molecule has 1 N–H and O–H groups in total. The fraction of sp³-hybridized carbons (Fsp3) is 0.900. The van der Waals surface area contributed by atoms with Crippen molar-refractivity contribution in [3.63, 3.8) is 0 Å². The van der Waals surface area contributed by atoms with E-state index in [1.165, 1.54) is 45.6 Å². The van der Waals surface area contributed by atoms with Gasteiger partial charge in [-0.1, -0.05) is 27.7 Å². The Morgan fingerprint density at radius 3 is 1.64 bits per heavy atom. The van der Waals surface area contributed by atoms with E-state index in [-0.39, 0.29) is 52.3 Å². The predicted octanol–water partition coefficient (Wildman–Crippen LogP) is 8.94. The summed E-state index contributed by atoms with van der Waals surface area (Å²) in [4.78, 5) is 61.5. The van der Waals surface area contributed by atoms with Crippen LogP contribution in [0.5, 0.6) is 0 Å². The van der Waals surface area contributed by atoms with E-state index in [1.807, 2.05) is 55.4 Å². The average Bonchev–Trinajstić information content (AvgIpc) is 3.82. The lowest BCUT2D eigenvalue weighted by Gasteiger charge is -2.60. The highest BCUT2D eigenvalue weighted by molar-refractivity contribution is 5.86. The van der Waals surface area contributed by atoms with Gasteiger partial charge in [0.15, 0.2) is 0 Å². The standard InChI is InChI=1S/C18H30O2.C16H22O6.C16H26O3/c1-5-17(3,4)16(19)20-18(6-2)14-8-12-7-13(10-14)11-15(18)9-12;1-5-16(2,3)15(19)22-12-7-6-8-10(9(7)13(17)20-4)14(18)21-11(8)12;1-4-14(2,3)13(17)19-16-8-11-5-12(9-16)7-15(18,6-11)10-16/h12-15H,5-11H2,1-4H3;7-12H,5-6H2,1-4H3;11-12,18H,4-10H2,1-3H3. The van der Waals surface area contributed by atoms with Gasteiger partial charge in [-0.2, -0.15) is 0 Å². The highest BCUT2D eigenvalue weighted by Crippen LogP contribution is 2.62. The van der Waals surface area contributed by atoms with Crippen LogP contribution in [0.1, 0.15) is 172 Å². The number of carbonyl (C=O) groups excluding carboxylic acids is 5. The van der Waals surface area contributed by atoms with Crippen molar-refractivity contribution in [2.24, 2.45) is 75.4 Å². The molecule has 11 nitrogen and oxygen atoms in total. The average molecular weight is 855 g/mol. The normalized spacial score (nSPS) is 41.9. The molecule has 0 aromatic carbocycles. The maximum absolute atomic E-state index is 12.6. The Kier molecular flexibility index (Phi) is 12.4. The Morgan fingerprint density at radius 1 is 0.672 bits per heavy atom. The van der Waals surface area contributed by atoms with Gasteiger partial charge in [-0.15, -0.1) is 0 Å². The van der Waals surface area contributed by atoms with Crippen molar-refractivity contribution in [1.82, 2.24) is 0 Å². The molecule has 10 saturated carbocycles. The molecule has 0 spiro atoms. The smallest absolute Gasteiger partial charge is 0.312 e. The van der Waals surface area contributed by atoms with Crippen molar-refractivity contribution in [2.75, 3.05) is 7.11 Å². The number of hydrogen-bond acceptors (Lipinski definition) is 11. The van der Waals surface area contributed by atoms with Crippen LogP contribution in [-0.4, -0.2) is 71.1 Å². The van der Waals surface area contributed by atoms with E-state index >= 15 is 0 Å². The van der Waals surface area contributed by atoms with E-state index in [2.05, 4.69) is 13.8 Å². The molecule has 10 bridgehead atoms. The molecular formula is C50H78O11. The molecule has 1 saturated heterocycles. The second-order valence-electron chi connectivity index (χ2n) is 23.4. The highest BCUT2D eigenvalue weighted by atomic mass is 16.6. The lowest BCUT2D eigenvalue weighted by atomic mass is 9.49. The lowest BCUT2D eigenvalue weighted by Crippen LogP contribution is -2.61. The zero-order valence-corrected chi connectivity index (χ0v) is 39.3. The van der Waals surface area contributed by atoms with Crippen LogP contribution in [0.2, 0.25) is 0 Å². The minimum atomic E-state index is -0.593.